The molecule has 1 N–H and O–H groups in total. The third-order valence-electron chi connectivity index (χ3n) is 7.23. The van der Waals surface area contributed by atoms with Crippen molar-refractivity contribution in [3.8, 4) is 11.3 Å². The Bertz CT molecular complexity index is 1470. The number of para-hydroxylation sites is 1. The Morgan fingerprint density at radius 2 is 1.68 bits per heavy atom. The van der Waals surface area contributed by atoms with Crippen molar-refractivity contribution in [2.24, 2.45) is 0 Å². The summed E-state index contributed by atoms with van der Waals surface area (Å²) in [7, 11) is 0. The first kappa shape index (κ1) is 25.0. The number of nitrogens with one attached hydrogen (secondary N) is 1. The van der Waals surface area contributed by atoms with E-state index in [1.54, 1.807) is 4.57 Å². The van der Waals surface area contributed by atoms with E-state index in [4.69, 9.17) is 4.98 Å². The molecule has 37 heavy (non-hydrogen) atoms. The average Bonchev–Trinajstić information content (AvgIpc) is 2.92. The Labute approximate surface area is 222 Å². The number of hydrogen-bond donors (Lipinski definition) is 1. The molecule has 0 radical (unpaired) electrons. The molecule has 1 heterocycles. The normalized spacial score (nSPS) is 16.1. The second-order valence-electron chi connectivity index (χ2n) is 9.76. The lowest BCUT2D eigenvalue weighted by molar-refractivity contribution is -0.113. The number of carbonyl (C=O) groups is 1. The number of aryl methyl sites for hydroxylation is 1. The molecule has 1 amide bonds. The zero-order valence-electron chi connectivity index (χ0n) is 21.2. The molecule has 188 valence electrons. The lowest BCUT2D eigenvalue weighted by Gasteiger charge is -2.36. The topological polar surface area (TPSA) is 64.0 Å². The average molecular weight is 510 g/mol. The van der Waals surface area contributed by atoms with E-state index in [2.05, 4.69) is 43.4 Å². The standard InChI is InChI=1S/C31H31N3O2S/c1-3-31(2)20-23-14-10-11-17-25(23)28-27(31)29(36)34(19-18-22-12-6-4-7-13-22)30(33-28)37-21-26(35)32-24-15-8-5-9-16-24/h4-17H,3,18-21H2,1-2H3,(H,32,35)/t31-/m0/s1. The van der Waals surface area contributed by atoms with Crippen LogP contribution in [0.5, 0.6) is 0 Å². The van der Waals surface area contributed by atoms with Crippen LogP contribution in [-0.4, -0.2) is 21.2 Å². The first-order chi connectivity index (χ1) is 18.0. The molecule has 6 heteroatoms. The molecule has 1 aliphatic carbocycles. The van der Waals surface area contributed by atoms with Crippen LogP contribution in [0.15, 0.2) is 94.9 Å². The van der Waals surface area contributed by atoms with Gasteiger partial charge in [-0.3, -0.25) is 14.2 Å². The Morgan fingerprint density at radius 3 is 2.41 bits per heavy atom. The molecule has 5 nitrogen and oxygen atoms in total. The van der Waals surface area contributed by atoms with Crippen molar-refractivity contribution in [1.82, 2.24) is 9.55 Å². The summed E-state index contributed by atoms with van der Waals surface area (Å²) < 4.78 is 1.79. The van der Waals surface area contributed by atoms with Crippen LogP contribution in [0.3, 0.4) is 0 Å². The summed E-state index contributed by atoms with van der Waals surface area (Å²) >= 11 is 1.32. The lowest BCUT2D eigenvalue weighted by atomic mass is 9.69. The third kappa shape index (κ3) is 5.25. The van der Waals surface area contributed by atoms with E-state index >= 15 is 0 Å². The molecule has 1 aliphatic rings. The Kier molecular flexibility index (Phi) is 7.28. The van der Waals surface area contributed by atoms with Gasteiger partial charge in [-0.1, -0.05) is 98.4 Å². The minimum absolute atomic E-state index is 0.00533. The number of thioether (sulfide) groups is 1. The number of fused-ring (bicyclic) bond motifs is 3. The summed E-state index contributed by atoms with van der Waals surface area (Å²) in [6.07, 6.45) is 2.37. The van der Waals surface area contributed by atoms with Crippen molar-refractivity contribution >= 4 is 23.4 Å². The molecular weight excluding hydrogens is 478 g/mol. The van der Waals surface area contributed by atoms with Crippen molar-refractivity contribution in [2.75, 3.05) is 11.1 Å². The molecule has 1 aromatic heterocycles. The Hall–Kier alpha value is -3.64. The maximum atomic E-state index is 14.2. The smallest absolute Gasteiger partial charge is 0.258 e. The third-order valence-corrected chi connectivity index (χ3v) is 8.20. The van der Waals surface area contributed by atoms with Crippen molar-refractivity contribution in [3.05, 3.63) is 112 Å². The van der Waals surface area contributed by atoms with Crippen LogP contribution in [0.1, 0.15) is 37.0 Å². The Balaban J connectivity index is 1.54. The van der Waals surface area contributed by atoms with Gasteiger partial charge in [0.25, 0.3) is 5.56 Å². The molecule has 0 saturated heterocycles. The van der Waals surface area contributed by atoms with Crippen molar-refractivity contribution in [1.29, 1.82) is 0 Å². The van der Waals surface area contributed by atoms with Gasteiger partial charge < -0.3 is 5.32 Å². The van der Waals surface area contributed by atoms with Gasteiger partial charge in [0, 0.05) is 23.2 Å². The van der Waals surface area contributed by atoms with Gasteiger partial charge in [-0.15, -0.1) is 0 Å². The van der Waals surface area contributed by atoms with E-state index in [9.17, 15) is 9.59 Å². The van der Waals surface area contributed by atoms with Gasteiger partial charge in [-0.25, -0.2) is 4.98 Å². The minimum atomic E-state index is -0.295. The molecule has 0 unspecified atom stereocenters. The monoisotopic (exact) mass is 509 g/mol. The number of nitrogens with zero attached hydrogens (tertiary/aromatic N) is 2. The lowest BCUT2D eigenvalue weighted by Crippen LogP contribution is -2.40. The van der Waals surface area contributed by atoms with Crippen LogP contribution in [-0.2, 0) is 29.6 Å². The van der Waals surface area contributed by atoms with Gasteiger partial charge in [-0.2, -0.15) is 0 Å². The van der Waals surface area contributed by atoms with Crippen molar-refractivity contribution in [3.63, 3.8) is 0 Å². The molecule has 0 bridgehead atoms. The highest BCUT2D eigenvalue weighted by atomic mass is 32.2. The number of amides is 1. The number of aromatic nitrogens is 2. The van der Waals surface area contributed by atoms with Crippen molar-refractivity contribution < 1.29 is 4.79 Å². The fraction of sp³-hybridized carbons (Fsp3) is 0.258. The fourth-order valence-corrected chi connectivity index (χ4v) is 5.85. The van der Waals surface area contributed by atoms with E-state index in [1.165, 1.54) is 17.3 Å². The first-order valence-corrected chi connectivity index (χ1v) is 13.7. The number of carbonyl (C=O) groups excluding carboxylic acids is 1. The van der Waals surface area contributed by atoms with Gasteiger partial charge in [0.1, 0.15) is 0 Å². The summed E-state index contributed by atoms with van der Waals surface area (Å²) in [6.45, 7) is 4.82. The van der Waals surface area contributed by atoms with Crippen LogP contribution in [0, 0.1) is 0 Å². The summed E-state index contributed by atoms with van der Waals surface area (Å²) in [6, 6.07) is 27.8. The van der Waals surface area contributed by atoms with Gasteiger partial charge in [0.2, 0.25) is 5.91 Å². The van der Waals surface area contributed by atoms with Gasteiger partial charge in [-0.05, 0) is 42.5 Å². The second-order valence-corrected chi connectivity index (χ2v) is 10.7. The molecule has 0 aliphatic heterocycles. The fourth-order valence-electron chi connectivity index (χ4n) is 5.03. The van der Waals surface area contributed by atoms with Crippen LogP contribution in [0.25, 0.3) is 11.3 Å². The van der Waals surface area contributed by atoms with E-state index in [0.29, 0.717) is 18.1 Å². The van der Waals surface area contributed by atoms with Crippen LogP contribution in [0.4, 0.5) is 5.69 Å². The summed E-state index contributed by atoms with van der Waals surface area (Å²) in [5, 5.41) is 3.51. The van der Waals surface area contributed by atoms with E-state index < -0.39 is 0 Å². The van der Waals surface area contributed by atoms with Gasteiger partial charge in [0.05, 0.1) is 17.0 Å². The summed E-state index contributed by atoms with van der Waals surface area (Å²) in [5.41, 5.74) is 5.41. The second kappa shape index (κ2) is 10.8. The predicted octanol–water partition coefficient (Wildman–Crippen LogP) is 6.11. The highest BCUT2D eigenvalue weighted by Crippen LogP contribution is 2.43. The molecule has 0 saturated carbocycles. The quantitative estimate of drug-likeness (QED) is 0.230. The molecule has 0 spiro atoms. The van der Waals surface area contributed by atoms with E-state index in [1.807, 2.05) is 60.7 Å². The maximum absolute atomic E-state index is 14.2. The van der Waals surface area contributed by atoms with Crippen molar-refractivity contribution in [2.45, 2.75) is 50.2 Å². The van der Waals surface area contributed by atoms with Gasteiger partial charge >= 0.3 is 0 Å². The SMILES string of the molecule is CC[C@@]1(C)Cc2ccccc2-c2nc(SCC(=O)Nc3ccccc3)n(CCc3ccccc3)c(=O)c21. The number of rotatable bonds is 8. The molecule has 5 rings (SSSR count). The van der Waals surface area contributed by atoms with E-state index in [-0.39, 0.29) is 22.6 Å². The minimum Gasteiger partial charge on any atom is -0.325 e. The number of hydrogen-bond acceptors (Lipinski definition) is 4. The number of anilines is 1. The summed E-state index contributed by atoms with van der Waals surface area (Å²) in [4.78, 5) is 32.0. The van der Waals surface area contributed by atoms with Crippen LogP contribution in [0.2, 0.25) is 0 Å². The molecular formula is C31H31N3O2S. The zero-order chi connectivity index (χ0) is 25.8. The predicted molar refractivity (Wildman–Crippen MR) is 151 cm³/mol. The highest BCUT2D eigenvalue weighted by Gasteiger charge is 2.38. The van der Waals surface area contributed by atoms with Gasteiger partial charge in [0.15, 0.2) is 5.16 Å². The van der Waals surface area contributed by atoms with Crippen LogP contribution < -0.4 is 10.9 Å². The zero-order valence-corrected chi connectivity index (χ0v) is 22.1. The highest BCUT2D eigenvalue weighted by molar-refractivity contribution is 7.99. The maximum Gasteiger partial charge on any atom is 0.258 e. The Morgan fingerprint density at radius 1 is 1.00 bits per heavy atom. The molecule has 4 aromatic rings. The van der Waals surface area contributed by atoms with Crippen LogP contribution >= 0.6 is 11.8 Å². The molecule has 0 fully saturated rings. The first-order valence-electron chi connectivity index (χ1n) is 12.7. The summed E-state index contributed by atoms with van der Waals surface area (Å²) in [5.74, 6) is 0.0367. The van der Waals surface area contributed by atoms with E-state index in [0.717, 1.165) is 40.9 Å². The molecule has 1 atom stereocenters. The largest absolute Gasteiger partial charge is 0.325 e. The number of benzene rings is 3. The molecule has 3 aromatic carbocycles.